The summed E-state index contributed by atoms with van der Waals surface area (Å²) < 4.78 is 96.7. The normalized spacial score (nSPS) is 12.2. The van der Waals surface area contributed by atoms with E-state index in [1.54, 1.807) is 0 Å². The van der Waals surface area contributed by atoms with E-state index in [9.17, 15) is 35.2 Å². The molecule has 1 aromatic heterocycles. The van der Waals surface area contributed by atoms with Crippen molar-refractivity contribution < 1.29 is 39.9 Å². The van der Waals surface area contributed by atoms with Gasteiger partial charge in [-0.05, 0) is 12.1 Å². The zero-order chi connectivity index (χ0) is 23.6. The summed E-state index contributed by atoms with van der Waals surface area (Å²) in [7, 11) is -4.09. The molecule has 2 rings (SSSR count). The van der Waals surface area contributed by atoms with Crippen LogP contribution in [0.2, 0.25) is 10.0 Å². The first kappa shape index (κ1) is 25.0. The van der Waals surface area contributed by atoms with E-state index in [-0.39, 0.29) is 9.33 Å². The second-order valence-corrected chi connectivity index (χ2v) is 8.46. The van der Waals surface area contributed by atoms with Crippen molar-refractivity contribution >= 4 is 45.0 Å². The number of rotatable bonds is 7. The molecule has 0 bridgehead atoms. The third-order valence-corrected chi connectivity index (χ3v) is 6.25. The lowest BCUT2D eigenvalue weighted by Gasteiger charge is -2.25. The van der Waals surface area contributed by atoms with Crippen LogP contribution in [0.3, 0.4) is 0 Å². The molecule has 0 saturated carbocycles. The summed E-state index contributed by atoms with van der Waals surface area (Å²) in [5.74, 6) is -3.51. The Kier molecular flexibility index (Phi) is 7.66. The Morgan fingerprint density at radius 1 is 1.19 bits per heavy atom. The first-order valence-corrected chi connectivity index (χ1v) is 10.4. The molecule has 0 spiro atoms. The predicted octanol–water partition coefficient (Wildman–Crippen LogP) is 4.19. The predicted molar refractivity (Wildman–Crippen MR) is 101 cm³/mol. The number of benzene rings is 1. The van der Waals surface area contributed by atoms with E-state index in [1.165, 1.54) is 0 Å². The molecule has 31 heavy (non-hydrogen) atoms. The molecule has 170 valence electrons. The van der Waals surface area contributed by atoms with E-state index in [0.29, 0.717) is 6.07 Å². The molecular formula is C16H12Cl2F5N3O4S. The van der Waals surface area contributed by atoms with Crippen LogP contribution >= 0.6 is 23.2 Å². The van der Waals surface area contributed by atoms with Gasteiger partial charge < -0.3 is 4.74 Å². The fourth-order valence-electron chi connectivity index (χ4n) is 2.47. The molecule has 0 saturated heterocycles. The van der Waals surface area contributed by atoms with Crippen molar-refractivity contribution in [3.63, 3.8) is 0 Å². The maximum atomic E-state index is 13.4. The van der Waals surface area contributed by atoms with Crippen LogP contribution in [0, 0.1) is 0 Å². The minimum absolute atomic E-state index is 0.0195. The van der Waals surface area contributed by atoms with Crippen molar-refractivity contribution in [2.45, 2.75) is 18.4 Å². The molecule has 0 radical (unpaired) electrons. The monoisotopic (exact) mass is 507 g/mol. The zero-order valence-electron chi connectivity index (χ0n) is 15.3. The average molecular weight is 508 g/mol. The molecule has 0 atom stereocenters. The number of aromatic nitrogens is 2. The Bertz CT molecular complexity index is 1080. The van der Waals surface area contributed by atoms with Crippen LogP contribution in [-0.2, 0) is 26.7 Å². The van der Waals surface area contributed by atoms with Gasteiger partial charge in [0, 0.05) is 18.0 Å². The lowest BCUT2D eigenvalue weighted by Crippen LogP contribution is -2.38. The molecule has 0 N–H and O–H groups in total. The summed E-state index contributed by atoms with van der Waals surface area (Å²) in [6, 6.07) is 1.33. The number of hydrogen-bond acceptors (Lipinski definition) is 6. The van der Waals surface area contributed by atoms with Gasteiger partial charge in [-0.3, -0.25) is 0 Å². The van der Waals surface area contributed by atoms with Crippen LogP contribution in [0.15, 0.2) is 24.5 Å². The van der Waals surface area contributed by atoms with Crippen molar-refractivity contribution in [2.24, 2.45) is 0 Å². The molecule has 1 aromatic carbocycles. The van der Waals surface area contributed by atoms with Gasteiger partial charge in [-0.25, -0.2) is 36.3 Å². The van der Waals surface area contributed by atoms with Crippen LogP contribution in [-0.4, -0.2) is 44.4 Å². The highest BCUT2D eigenvalue weighted by molar-refractivity contribution is 7.92. The van der Waals surface area contributed by atoms with Gasteiger partial charge in [0.2, 0.25) is 10.0 Å². The second kappa shape index (κ2) is 9.49. The van der Waals surface area contributed by atoms with Gasteiger partial charge in [-0.1, -0.05) is 23.2 Å². The summed E-state index contributed by atoms with van der Waals surface area (Å²) in [6.07, 6.45) is -6.42. The molecule has 1 heterocycles. The Balaban J connectivity index is 2.67. The summed E-state index contributed by atoms with van der Waals surface area (Å²) in [5, 5.41) is -1.10. The number of sulfonamides is 1. The third kappa shape index (κ3) is 5.71. The Labute approximate surface area is 182 Å². The third-order valence-electron chi connectivity index (χ3n) is 3.76. The zero-order valence-corrected chi connectivity index (χ0v) is 17.7. The Morgan fingerprint density at radius 2 is 1.81 bits per heavy atom. The molecule has 0 amide bonds. The fraction of sp³-hybridized carbons (Fsp3) is 0.312. The molecule has 2 aromatic rings. The van der Waals surface area contributed by atoms with Gasteiger partial charge in [-0.15, -0.1) is 0 Å². The van der Waals surface area contributed by atoms with Crippen molar-refractivity contribution in [1.29, 1.82) is 0 Å². The minimum Gasteiger partial charge on any atom is -0.464 e. The highest BCUT2D eigenvalue weighted by Gasteiger charge is 2.38. The quantitative estimate of drug-likeness (QED) is 0.412. The van der Waals surface area contributed by atoms with Crippen LogP contribution in [0.4, 0.5) is 27.8 Å². The van der Waals surface area contributed by atoms with Gasteiger partial charge in [0.1, 0.15) is 0 Å². The van der Waals surface area contributed by atoms with Crippen LogP contribution < -0.4 is 4.31 Å². The van der Waals surface area contributed by atoms with E-state index < -0.39 is 68.6 Å². The molecule has 15 heteroatoms. The summed E-state index contributed by atoms with van der Waals surface area (Å²) in [6.45, 7) is -1.52. The van der Waals surface area contributed by atoms with Crippen molar-refractivity contribution in [1.82, 2.24) is 9.97 Å². The first-order valence-electron chi connectivity index (χ1n) is 8.01. The van der Waals surface area contributed by atoms with Gasteiger partial charge in [0.05, 0.1) is 35.0 Å². The Hall–Kier alpha value is -2.25. The summed E-state index contributed by atoms with van der Waals surface area (Å²) >= 11 is 11.5. The first-order chi connectivity index (χ1) is 14.3. The molecule has 0 aliphatic heterocycles. The van der Waals surface area contributed by atoms with Gasteiger partial charge >= 0.3 is 12.1 Å². The van der Waals surface area contributed by atoms with Crippen LogP contribution in [0.1, 0.15) is 21.6 Å². The molecule has 0 unspecified atom stereocenters. The topological polar surface area (TPSA) is 89.5 Å². The van der Waals surface area contributed by atoms with Gasteiger partial charge in [0.15, 0.2) is 11.5 Å². The van der Waals surface area contributed by atoms with E-state index in [0.717, 1.165) is 25.6 Å². The van der Waals surface area contributed by atoms with Crippen molar-refractivity contribution in [3.05, 3.63) is 51.4 Å². The second-order valence-electron chi connectivity index (χ2n) is 5.78. The molecule has 7 nitrogen and oxygen atoms in total. The number of hydrogen-bond donors (Lipinski definition) is 0. The number of methoxy groups -OCH3 is 1. The number of esters is 1. The molecule has 0 aliphatic carbocycles. The fourth-order valence-corrected chi connectivity index (χ4v) is 4.52. The highest BCUT2D eigenvalue weighted by Crippen LogP contribution is 2.39. The van der Waals surface area contributed by atoms with E-state index in [1.807, 2.05) is 0 Å². The number of anilines is 1. The SMILES string of the molecule is COC(=O)c1nccnc1N(CC(F)F)S(=O)(=O)Cc1c(C(F)(F)F)ccc(Cl)c1Cl. The maximum absolute atomic E-state index is 13.4. The average Bonchev–Trinajstić information content (AvgIpc) is 2.67. The van der Waals surface area contributed by atoms with E-state index >= 15 is 0 Å². The summed E-state index contributed by atoms with van der Waals surface area (Å²) in [4.78, 5) is 19.0. The number of carbonyl (C=O) groups is 1. The van der Waals surface area contributed by atoms with Crippen molar-refractivity contribution in [2.75, 3.05) is 18.0 Å². The highest BCUT2D eigenvalue weighted by atomic mass is 35.5. The number of carbonyl (C=O) groups excluding carboxylic acids is 1. The summed E-state index contributed by atoms with van der Waals surface area (Å²) in [5.41, 5.74) is -3.11. The standard InChI is InChI=1S/C16H12Cl2F5N3O4S/c1-30-15(27)13-14(25-5-4-24-13)26(6-11(19)20)31(28,29)7-8-9(16(21,22)23)2-3-10(17)12(8)18/h2-5,11H,6-7H2,1H3. The Morgan fingerprint density at radius 3 is 2.35 bits per heavy atom. The van der Waals surface area contributed by atoms with Gasteiger partial charge in [-0.2, -0.15) is 13.2 Å². The smallest absolute Gasteiger partial charge is 0.416 e. The molecule has 0 fully saturated rings. The lowest BCUT2D eigenvalue weighted by molar-refractivity contribution is -0.138. The number of ether oxygens (including phenoxy) is 1. The van der Waals surface area contributed by atoms with E-state index in [2.05, 4.69) is 14.7 Å². The van der Waals surface area contributed by atoms with Crippen molar-refractivity contribution in [3.8, 4) is 0 Å². The number of nitrogens with zero attached hydrogens (tertiary/aromatic N) is 3. The largest absolute Gasteiger partial charge is 0.464 e. The molecule has 0 aliphatic rings. The lowest BCUT2D eigenvalue weighted by atomic mass is 10.1. The van der Waals surface area contributed by atoms with Crippen LogP contribution in [0.25, 0.3) is 0 Å². The maximum Gasteiger partial charge on any atom is 0.416 e. The number of alkyl halides is 5. The van der Waals surface area contributed by atoms with Crippen LogP contribution in [0.5, 0.6) is 0 Å². The minimum atomic E-state index is -5.02. The van der Waals surface area contributed by atoms with Gasteiger partial charge in [0.25, 0.3) is 6.43 Å². The molecular weight excluding hydrogens is 496 g/mol. The van der Waals surface area contributed by atoms with E-state index in [4.69, 9.17) is 23.2 Å². The number of halogens is 7.